The van der Waals surface area contributed by atoms with Gasteiger partial charge in [0.15, 0.2) is 0 Å². The van der Waals surface area contributed by atoms with E-state index in [1.54, 1.807) is 0 Å². The third-order valence-corrected chi connectivity index (χ3v) is 4.68. The summed E-state index contributed by atoms with van der Waals surface area (Å²) in [5.41, 5.74) is 9.49. The summed E-state index contributed by atoms with van der Waals surface area (Å²) in [7, 11) is 0. The largest absolute Gasteiger partial charge is 0.459 e. The van der Waals surface area contributed by atoms with Gasteiger partial charge in [-0.25, -0.2) is 0 Å². The average Bonchev–Trinajstić information content (AvgIpc) is 2.83. The highest BCUT2D eigenvalue weighted by atomic mass is 127. The molecule has 3 aromatic rings. The Labute approximate surface area is 139 Å². The molecule has 3 rings (SSSR count). The van der Waals surface area contributed by atoms with Crippen LogP contribution in [0.4, 0.5) is 0 Å². The van der Waals surface area contributed by atoms with Crippen LogP contribution in [0, 0.1) is 10.5 Å². The Kier molecular flexibility index (Phi) is 3.88. The predicted molar refractivity (Wildman–Crippen MR) is 93.8 cm³/mol. The summed E-state index contributed by atoms with van der Waals surface area (Å²) in [4.78, 5) is 0. The highest BCUT2D eigenvalue weighted by molar-refractivity contribution is 14.1. The third-order valence-electron chi connectivity index (χ3n) is 3.29. The molecule has 0 fully saturated rings. The molecule has 1 heterocycles. The Morgan fingerprint density at radius 2 is 1.95 bits per heavy atom. The number of fused-ring (bicyclic) bond motifs is 1. The van der Waals surface area contributed by atoms with Crippen molar-refractivity contribution in [2.45, 2.75) is 13.0 Å². The van der Waals surface area contributed by atoms with Gasteiger partial charge in [0.25, 0.3) is 0 Å². The summed E-state index contributed by atoms with van der Waals surface area (Å²) in [6, 6.07) is 14.0. The second kappa shape index (κ2) is 5.50. The molecule has 1 atom stereocenters. The molecule has 0 bridgehead atoms. The fourth-order valence-electron chi connectivity index (χ4n) is 2.24. The zero-order chi connectivity index (χ0) is 14.3. The van der Waals surface area contributed by atoms with Crippen LogP contribution in [0.1, 0.15) is 22.9 Å². The maximum atomic E-state index is 6.36. The normalized spacial score (nSPS) is 12.8. The molecule has 2 aromatic carbocycles. The van der Waals surface area contributed by atoms with Crippen molar-refractivity contribution in [1.82, 2.24) is 0 Å². The highest BCUT2D eigenvalue weighted by Crippen LogP contribution is 2.31. The summed E-state index contributed by atoms with van der Waals surface area (Å²) < 4.78 is 8.04. The molecule has 0 amide bonds. The Morgan fingerprint density at radius 3 is 2.75 bits per heavy atom. The van der Waals surface area contributed by atoms with E-state index >= 15 is 0 Å². The lowest BCUT2D eigenvalue weighted by Gasteiger charge is -2.11. The molecule has 0 spiro atoms. The SMILES string of the molecule is Cc1ccc2oc(C(N)c3cc(I)ccc3Br)cc2c1. The minimum atomic E-state index is -0.271. The lowest BCUT2D eigenvalue weighted by molar-refractivity contribution is 0.524. The molecule has 4 heteroatoms. The van der Waals surface area contributed by atoms with Crippen molar-refractivity contribution in [3.05, 3.63) is 67.4 Å². The van der Waals surface area contributed by atoms with Gasteiger partial charge in [0.2, 0.25) is 0 Å². The molecule has 1 unspecified atom stereocenters. The van der Waals surface area contributed by atoms with Gasteiger partial charge in [-0.1, -0.05) is 27.6 Å². The predicted octanol–water partition coefficient (Wildman–Crippen LogP) is 5.16. The van der Waals surface area contributed by atoms with Crippen LogP contribution in [0.25, 0.3) is 11.0 Å². The van der Waals surface area contributed by atoms with Crippen LogP contribution in [-0.2, 0) is 0 Å². The van der Waals surface area contributed by atoms with Crippen molar-refractivity contribution >= 4 is 49.5 Å². The molecule has 0 saturated carbocycles. The number of aryl methyl sites for hydroxylation is 1. The molecule has 1 aromatic heterocycles. The molecule has 0 aliphatic heterocycles. The minimum absolute atomic E-state index is 0.271. The van der Waals surface area contributed by atoms with Crippen molar-refractivity contribution in [2.75, 3.05) is 0 Å². The smallest absolute Gasteiger partial charge is 0.134 e. The lowest BCUT2D eigenvalue weighted by Crippen LogP contribution is -2.11. The third kappa shape index (κ3) is 2.64. The molecule has 0 aliphatic carbocycles. The first-order valence-corrected chi connectivity index (χ1v) is 8.12. The minimum Gasteiger partial charge on any atom is -0.459 e. The van der Waals surface area contributed by atoms with E-state index in [-0.39, 0.29) is 6.04 Å². The van der Waals surface area contributed by atoms with Gasteiger partial charge in [0.1, 0.15) is 11.3 Å². The van der Waals surface area contributed by atoms with Crippen molar-refractivity contribution in [1.29, 1.82) is 0 Å². The first kappa shape index (κ1) is 14.1. The summed E-state index contributed by atoms with van der Waals surface area (Å²) in [5.74, 6) is 0.785. The molecule has 20 heavy (non-hydrogen) atoms. The second-order valence-corrected chi connectivity index (χ2v) is 6.93. The summed E-state index contributed by atoms with van der Waals surface area (Å²) >= 11 is 5.85. The Balaban J connectivity index is 2.07. The van der Waals surface area contributed by atoms with E-state index in [2.05, 4.69) is 57.6 Å². The average molecular weight is 442 g/mol. The quantitative estimate of drug-likeness (QED) is 0.558. The first-order chi connectivity index (χ1) is 9.54. The van der Waals surface area contributed by atoms with Gasteiger partial charge in [-0.3, -0.25) is 0 Å². The molecule has 0 aliphatic rings. The summed E-state index contributed by atoms with van der Waals surface area (Å²) in [6.45, 7) is 2.07. The monoisotopic (exact) mass is 441 g/mol. The van der Waals surface area contributed by atoms with Gasteiger partial charge in [-0.05, 0) is 71.5 Å². The summed E-state index contributed by atoms with van der Waals surface area (Å²) in [6.07, 6.45) is 0. The molecule has 2 nitrogen and oxygen atoms in total. The van der Waals surface area contributed by atoms with Crippen LogP contribution < -0.4 is 5.73 Å². The fourth-order valence-corrected chi connectivity index (χ4v) is 3.25. The maximum Gasteiger partial charge on any atom is 0.134 e. The second-order valence-electron chi connectivity index (χ2n) is 4.83. The highest BCUT2D eigenvalue weighted by Gasteiger charge is 2.17. The van der Waals surface area contributed by atoms with Crippen molar-refractivity contribution in [3.63, 3.8) is 0 Å². The first-order valence-electron chi connectivity index (χ1n) is 6.25. The molecular formula is C16H13BrINO. The molecule has 0 saturated heterocycles. The van der Waals surface area contributed by atoms with Crippen LogP contribution in [0.2, 0.25) is 0 Å². The van der Waals surface area contributed by atoms with Crippen LogP contribution in [-0.4, -0.2) is 0 Å². The standard InChI is InChI=1S/C16H13BrINO/c1-9-2-5-14-10(6-9)7-15(20-14)16(19)12-8-11(18)3-4-13(12)17/h2-8,16H,19H2,1H3. The molecular weight excluding hydrogens is 429 g/mol. The Morgan fingerprint density at radius 1 is 1.15 bits per heavy atom. The van der Waals surface area contributed by atoms with E-state index in [0.29, 0.717) is 0 Å². The van der Waals surface area contributed by atoms with Gasteiger partial charge in [-0.15, -0.1) is 0 Å². The van der Waals surface area contributed by atoms with E-state index in [1.807, 2.05) is 30.3 Å². The van der Waals surface area contributed by atoms with Gasteiger partial charge in [0.05, 0.1) is 6.04 Å². The van der Waals surface area contributed by atoms with Gasteiger partial charge >= 0.3 is 0 Å². The van der Waals surface area contributed by atoms with E-state index in [1.165, 1.54) is 5.56 Å². The zero-order valence-electron chi connectivity index (χ0n) is 10.9. The van der Waals surface area contributed by atoms with Crippen molar-refractivity contribution in [2.24, 2.45) is 5.73 Å². The number of halogens is 2. The number of furan rings is 1. The zero-order valence-corrected chi connectivity index (χ0v) is 14.6. The van der Waals surface area contributed by atoms with Gasteiger partial charge in [0, 0.05) is 13.4 Å². The van der Waals surface area contributed by atoms with Crippen LogP contribution in [0.3, 0.4) is 0 Å². The van der Waals surface area contributed by atoms with E-state index in [4.69, 9.17) is 10.2 Å². The van der Waals surface area contributed by atoms with E-state index in [9.17, 15) is 0 Å². The number of benzene rings is 2. The Hall–Kier alpha value is -0.850. The van der Waals surface area contributed by atoms with E-state index in [0.717, 1.165) is 30.3 Å². The fraction of sp³-hybridized carbons (Fsp3) is 0.125. The van der Waals surface area contributed by atoms with Gasteiger partial charge < -0.3 is 10.2 Å². The molecule has 102 valence electrons. The van der Waals surface area contributed by atoms with Crippen molar-refractivity contribution < 1.29 is 4.42 Å². The summed E-state index contributed by atoms with van der Waals surface area (Å²) in [5, 5.41) is 1.09. The van der Waals surface area contributed by atoms with Crippen LogP contribution in [0.15, 0.2) is 51.4 Å². The van der Waals surface area contributed by atoms with Gasteiger partial charge in [-0.2, -0.15) is 0 Å². The number of rotatable bonds is 2. The number of hydrogen-bond donors (Lipinski definition) is 1. The lowest BCUT2D eigenvalue weighted by atomic mass is 10.1. The maximum absolute atomic E-state index is 6.36. The van der Waals surface area contributed by atoms with E-state index < -0.39 is 0 Å². The Bertz CT molecular complexity index is 781. The molecule has 0 radical (unpaired) electrons. The van der Waals surface area contributed by atoms with Crippen LogP contribution >= 0.6 is 38.5 Å². The molecule has 2 N–H and O–H groups in total. The number of nitrogens with two attached hydrogens (primary N) is 1. The van der Waals surface area contributed by atoms with Crippen molar-refractivity contribution in [3.8, 4) is 0 Å². The topological polar surface area (TPSA) is 39.2 Å². The van der Waals surface area contributed by atoms with Crippen LogP contribution in [0.5, 0.6) is 0 Å². The number of hydrogen-bond acceptors (Lipinski definition) is 2.